The molecule has 0 saturated carbocycles. The van der Waals surface area contributed by atoms with E-state index in [1.807, 2.05) is 70.3 Å². The molecule has 0 radical (unpaired) electrons. The number of carbonyl (C=O) groups is 1. The topological polar surface area (TPSA) is 63.7 Å². The number of pyridine rings is 1. The van der Waals surface area contributed by atoms with Crippen LogP contribution in [0.1, 0.15) is 49.8 Å². The Morgan fingerprint density at radius 3 is 2.59 bits per heavy atom. The van der Waals surface area contributed by atoms with Crippen LogP contribution in [0.5, 0.6) is 0 Å². The maximum atomic E-state index is 12.0. The summed E-state index contributed by atoms with van der Waals surface area (Å²) in [6, 6.07) is 11.9. The van der Waals surface area contributed by atoms with Gasteiger partial charge in [-0.25, -0.2) is 0 Å². The third kappa shape index (κ3) is 3.70. The van der Waals surface area contributed by atoms with Crippen LogP contribution in [0.4, 0.5) is 5.69 Å². The summed E-state index contributed by atoms with van der Waals surface area (Å²) in [7, 11) is -0.484. The Morgan fingerprint density at radius 2 is 1.93 bits per heavy atom. The number of nitrogens with zero attached hydrogens (tertiary/aromatic N) is 2. The molecule has 2 aromatic rings. The van der Waals surface area contributed by atoms with Crippen molar-refractivity contribution < 1.29 is 14.1 Å². The fourth-order valence-corrected chi connectivity index (χ4v) is 3.88. The number of nitrogens with one attached hydrogen (secondary N) is 1. The second-order valence-electron chi connectivity index (χ2n) is 8.69. The van der Waals surface area contributed by atoms with E-state index in [0.717, 1.165) is 42.8 Å². The van der Waals surface area contributed by atoms with E-state index >= 15 is 0 Å². The molecule has 1 aromatic carbocycles. The van der Waals surface area contributed by atoms with Gasteiger partial charge in [-0.05, 0) is 57.4 Å². The quantitative estimate of drug-likeness (QED) is 0.636. The smallest absolute Gasteiger partial charge is 0.399 e. The molecular formula is C22H28BN3O3. The molecule has 7 heteroatoms. The lowest BCUT2D eigenvalue weighted by molar-refractivity contribution is 0.00578. The van der Waals surface area contributed by atoms with Crippen molar-refractivity contribution in [3.63, 3.8) is 0 Å². The first-order chi connectivity index (χ1) is 13.8. The summed E-state index contributed by atoms with van der Waals surface area (Å²) in [5.41, 5.74) is 2.57. The molecule has 0 amide bonds. The van der Waals surface area contributed by atoms with Crippen LogP contribution in [0.25, 0.3) is 0 Å². The molecule has 1 unspecified atom stereocenters. The monoisotopic (exact) mass is 393 g/mol. The molecule has 6 nitrogen and oxygen atoms in total. The van der Waals surface area contributed by atoms with E-state index in [2.05, 4.69) is 15.2 Å². The summed E-state index contributed by atoms with van der Waals surface area (Å²) in [4.78, 5) is 18.8. The van der Waals surface area contributed by atoms with E-state index in [1.165, 1.54) is 0 Å². The summed E-state index contributed by atoms with van der Waals surface area (Å²) >= 11 is 0. The average molecular weight is 393 g/mol. The Bertz CT molecular complexity index is 872. The Hall–Kier alpha value is -2.22. The highest BCUT2D eigenvalue weighted by molar-refractivity contribution is 6.62. The summed E-state index contributed by atoms with van der Waals surface area (Å²) in [6.45, 7) is 10.6. The second kappa shape index (κ2) is 7.56. The van der Waals surface area contributed by atoms with E-state index in [9.17, 15) is 4.79 Å². The number of aldehydes is 1. The minimum Gasteiger partial charge on any atom is -0.399 e. The fraction of sp³-hybridized carbons (Fsp3) is 0.455. The average Bonchev–Trinajstić information content (AvgIpc) is 2.95. The molecule has 1 N–H and O–H groups in total. The van der Waals surface area contributed by atoms with Crippen LogP contribution in [0, 0.1) is 0 Å². The van der Waals surface area contributed by atoms with Gasteiger partial charge in [0.1, 0.15) is 0 Å². The fourth-order valence-electron chi connectivity index (χ4n) is 3.88. The number of anilines is 1. The highest BCUT2D eigenvalue weighted by atomic mass is 16.7. The zero-order valence-electron chi connectivity index (χ0n) is 17.5. The van der Waals surface area contributed by atoms with Crippen LogP contribution in [-0.2, 0) is 9.31 Å². The van der Waals surface area contributed by atoms with Gasteiger partial charge in [0, 0.05) is 37.1 Å². The molecule has 3 heterocycles. The molecule has 0 aliphatic carbocycles. The molecular weight excluding hydrogens is 365 g/mol. The van der Waals surface area contributed by atoms with E-state index in [1.54, 1.807) is 0 Å². The minimum atomic E-state index is -0.484. The van der Waals surface area contributed by atoms with Gasteiger partial charge in [-0.3, -0.25) is 9.78 Å². The Morgan fingerprint density at radius 1 is 1.17 bits per heavy atom. The van der Waals surface area contributed by atoms with Crippen LogP contribution in [0.2, 0.25) is 0 Å². The van der Waals surface area contributed by atoms with Crippen molar-refractivity contribution in [3.8, 4) is 0 Å². The number of carbonyl (C=O) groups excluding carboxylic acids is 1. The van der Waals surface area contributed by atoms with Gasteiger partial charge in [-0.15, -0.1) is 0 Å². The van der Waals surface area contributed by atoms with E-state index in [0.29, 0.717) is 5.56 Å². The molecule has 2 aliphatic rings. The van der Waals surface area contributed by atoms with Crippen LogP contribution in [-0.4, -0.2) is 49.2 Å². The SMILES string of the molecule is CC1(C)OB(c2ccc(N3CCNCC3c3ccccn3)c(C=O)c2)OC1(C)C. The van der Waals surface area contributed by atoms with Gasteiger partial charge in [0.2, 0.25) is 0 Å². The lowest BCUT2D eigenvalue weighted by atomic mass is 9.78. The molecule has 29 heavy (non-hydrogen) atoms. The van der Waals surface area contributed by atoms with Gasteiger partial charge in [-0.1, -0.05) is 12.1 Å². The van der Waals surface area contributed by atoms with E-state index < -0.39 is 18.3 Å². The van der Waals surface area contributed by atoms with Gasteiger partial charge in [-0.2, -0.15) is 0 Å². The molecule has 1 aromatic heterocycles. The van der Waals surface area contributed by atoms with Crippen molar-refractivity contribution in [1.82, 2.24) is 10.3 Å². The predicted molar refractivity (Wildman–Crippen MR) is 115 cm³/mol. The number of piperazine rings is 1. The lowest BCUT2D eigenvalue weighted by Crippen LogP contribution is -2.47. The first-order valence-electron chi connectivity index (χ1n) is 10.2. The number of rotatable bonds is 4. The van der Waals surface area contributed by atoms with Gasteiger partial charge in [0.15, 0.2) is 6.29 Å². The third-order valence-corrected chi connectivity index (χ3v) is 6.29. The zero-order valence-corrected chi connectivity index (χ0v) is 17.5. The highest BCUT2D eigenvalue weighted by Gasteiger charge is 2.51. The molecule has 4 rings (SSSR count). The van der Waals surface area contributed by atoms with Crippen LogP contribution >= 0.6 is 0 Å². The summed E-state index contributed by atoms with van der Waals surface area (Å²) in [6.07, 6.45) is 2.73. The molecule has 1 atom stereocenters. The van der Waals surface area contributed by atoms with Crippen molar-refractivity contribution in [1.29, 1.82) is 0 Å². The molecule has 2 fully saturated rings. The minimum absolute atomic E-state index is 0.0753. The normalized spacial score (nSPS) is 23.2. The van der Waals surface area contributed by atoms with Gasteiger partial charge in [0.05, 0.1) is 22.9 Å². The van der Waals surface area contributed by atoms with E-state index in [-0.39, 0.29) is 6.04 Å². The van der Waals surface area contributed by atoms with Crippen molar-refractivity contribution in [2.24, 2.45) is 0 Å². The number of hydrogen-bond donors (Lipinski definition) is 1. The third-order valence-electron chi connectivity index (χ3n) is 6.29. The zero-order chi connectivity index (χ0) is 20.6. The molecule has 152 valence electrons. The van der Waals surface area contributed by atoms with E-state index in [4.69, 9.17) is 9.31 Å². The predicted octanol–water partition coefficient (Wildman–Crippen LogP) is 2.34. The van der Waals surface area contributed by atoms with Crippen molar-refractivity contribution in [2.45, 2.75) is 44.9 Å². The van der Waals surface area contributed by atoms with Crippen LogP contribution < -0.4 is 15.7 Å². The molecule has 2 saturated heterocycles. The lowest BCUT2D eigenvalue weighted by Gasteiger charge is -2.38. The number of hydrogen-bond acceptors (Lipinski definition) is 6. The maximum absolute atomic E-state index is 12.0. The standard InChI is InChI=1S/C22H28BN3O3/c1-21(2)22(3,4)29-23(28-21)17-8-9-19(16(13-17)15-27)26-12-11-24-14-20(26)18-7-5-6-10-25-18/h5-10,13,15,20,24H,11-12,14H2,1-4H3. The maximum Gasteiger partial charge on any atom is 0.494 e. The van der Waals surface area contributed by atoms with Crippen LogP contribution in [0.15, 0.2) is 42.6 Å². The second-order valence-corrected chi connectivity index (χ2v) is 8.69. The number of benzene rings is 1. The molecule has 0 bridgehead atoms. The van der Waals surface area contributed by atoms with Crippen LogP contribution in [0.3, 0.4) is 0 Å². The van der Waals surface area contributed by atoms with Gasteiger partial charge >= 0.3 is 7.12 Å². The highest BCUT2D eigenvalue weighted by Crippen LogP contribution is 2.37. The Labute approximate surface area is 172 Å². The van der Waals surface area contributed by atoms with Crippen molar-refractivity contribution >= 4 is 24.6 Å². The number of aromatic nitrogens is 1. The Balaban J connectivity index is 1.66. The first-order valence-corrected chi connectivity index (χ1v) is 10.2. The van der Waals surface area contributed by atoms with Crippen molar-refractivity contribution in [3.05, 3.63) is 53.9 Å². The summed E-state index contributed by atoms with van der Waals surface area (Å²) in [5, 5.41) is 3.43. The molecule has 2 aliphatic heterocycles. The first kappa shape index (κ1) is 20.1. The summed E-state index contributed by atoms with van der Waals surface area (Å²) < 4.78 is 12.3. The van der Waals surface area contributed by atoms with Gasteiger partial charge < -0.3 is 19.5 Å². The largest absolute Gasteiger partial charge is 0.494 e. The molecule has 0 spiro atoms. The van der Waals surface area contributed by atoms with Gasteiger partial charge in [0.25, 0.3) is 0 Å². The van der Waals surface area contributed by atoms with Crippen molar-refractivity contribution in [2.75, 3.05) is 24.5 Å². The Kier molecular flexibility index (Phi) is 5.23. The summed E-state index contributed by atoms with van der Waals surface area (Å²) in [5.74, 6) is 0.